The fraction of sp³-hybridized carbons (Fsp3) is 0.941. The molecule has 1 rings (SSSR count). The highest BCUT2D eigenvalue weighted by molar-refractivity contribution is 5.74. The molecule has 0 amide bonds. The van der Waals surface area contributed by atoms with E-state index < -0.39 is 11.7 Å². The number of carbonyl (C=O) groups is 1. The van der Waals surface area contributed by atoms with Crippen LogP contribution in [0.1, 0.15) is 67.7 Å². The third-order valence-electron chi connectivity index (χ3n) is 4.08. The lowest BCUT2D eigenvalue weighted by atomic mass is 9.75. The van der Waals surface area contributed by atoms with E-state index in [1.165, 1.54) is 12.8 Å². The van der Waals surface area contributed by atoms with Crippen molar-refractivity contribution in [3.05, 3.63) is 0 Å². The van der Waals surface area contributed by atoms with E-state index in [-0.39, 0.29) is 12.1 Å². The fourth-order valence-electron chi connectivity index (χ4n) is 2.97. The van der Waals surface area contributed by atoms with Gasteiger partial charge in [0.05, 0.1) is 6.10 Å². The first-order valence-corrected chi connectivity index (χ1v) is 7.98. The van der Waals surface area contributed by atoms with Gasteiger partial charge in [-0.2, -0.15) is 0 Å². The molecule has 1 aliphatic carbocycles. The molecule has 4 atom stereocenters. The van der Waals surface area contributed by atoms with E-state index in [0.717, 1.165) is 6.42 Å². The number of hydrogen-bond donors (Lipinski definition) is 0. The van der Waals surface area contributed by atoms with E-state index in [9.17, 15) is 4.79 Å². The Morgan fingerprint density at radius 2 is 1.75 bits per heavy atom. The standard InChI is InChI=1S/C17H32O3/c1-11(2)14-9-8-12(3)10-15(14)19-13(4)16(18)20-17(5,6)7/h11-15H,8-10H2,1-7H3. The van der Waals surface area contributed by atoms with Crippen molar-refractivity contribution in [1.82, 2.24) is 0 Å². The van der Waals surface area contributed by atoms with Gasteiger partial charge in [0.1, 0.15) is 5.60 Å². The molecule has 1 saturated carbocycles. The monoisotopic (exact) mass is 284 g/mol. The lowest BCUT2D eigenvalue weighted by molar-refractivity contribution is -0.175. The smallest absolute Gasteiger partial charge is 0.335 e. The zero-order valence-corrected chi connectivity index (χ0v) is 14.2. The van der Waals surface area contributed by atoms with E-state index in [4.69, 9.17) is 9.47 Å². The van der Waals surface area contributed by atoms with Crippen molar-refractivity contribution in [2.45, 2.75) is 85.5 Å². The minimum atomic E-state index is -0.481. The SMILES string of the molecule is CC1CCC(C(C)C)C(OC(C)C(=O)OC(C)(C)C)C1. The van der Waals surface area contributed by atoms with Crippen molar-refractivity contribution in [3.8, 4) is 0 Å². The van der Waals surface area contributed by atoms with E-state index in [1.807, 2.05) is 27.7 Å². The second-order valence-electron chi connectivity index (χ2n) is 7.68. The highest BCUT2D eigenvalue weighted by Gasteiger charge is 2.34. The molecule has 0 radical (unpaired) electrons. The van der Waals surface area contributed by atoms with Crippen LogP contribution >= 0.6 is 0 Å². The first kappa shape index (κ1) is 17.5. The molecule has 1 fully saturated rings. The molecule has 0 aromatic heterocycles. The van der Waals surface area contributed by atoms with Gasteiger partial charge in [0.2, 0.25) is 0 Å². The van der Waals surface area contributed by atoms with Crippen molar-refractivity contribution in [1.29, 1.82) is 0 Å². The molecular weight excluding hydrogens is 252 g/mol. The summed E-state index contributed by atoms with van der Waals surface area (Å²) in [6, 6.07) is 0. The Kier molecular flexibility index (Phi) is 6.06. The summed E-state index contributed by atoms with van der Waals surface area (Å²) >= 11 is 0. The molecule has 0 bridgehead atoms. The van der Waals surface area contributed by atoms with E-state index in [2.05, 4.69) is 20.8 Å². The maximum Gasteiger partial charge on any atom is 0.335 e. The van der Waals surface area contributed by atoms with Gasteiger partial charge in [-0.05, 0) is 58.3 Å². The third kappa shape index (κ3) is 5.43. The molecule has 3 heteroatoms. The highest BCUT2D eigenvalue weighted by atomic mass is 16.6. The molecule has 4 unspecified atom stereocenters. The lowest BCUT2D eigenvalue weighted by Crippen LogP contribution is -2.40. The number of hydrogen-bond acceptors (Lipinski definition) is 3. The summed E-state index contributed by atoms with van der Waals surface area (Å²) in [5.41, 5.74) is -0.452. The normalized spacial score (nSPS) is 29.3. The van der Waals surface area contributed by atoms with Crippen molar-refractivity contribution in [2.24, 2.45) is 17.8 Å². The summed E-state index contributed by atoms with van der Waals surface area (Å²) in [4.78, 5) is 12.0. The molecule has 20 heavy (non-hydrogen) atoms. The molecule has 0 spiro atoms. The largest absolute Gasteiger partial charge is 0.458 e. The molecule has 1 aliphatic rings. The number of carbonyl (C=O) groups excluding carboxylic acids is 1. The highest BCUT2D eigenvalue weighted by Crippen LogP contribution is 2.36. The summed E-state index contributed by atoms with van der Waals surface area (Å²) in [6.07, 6.45) is 3.22. The molecule has 0 heterocycles. The quantitative estimate of drug-likeness (QED) is 0.726. The third-order valence-corrected chi connectivity index (χ3v) is 4.08. The molecule has 118 valence electrons. The van der Waals surface area contributed by atoms with Crippen LogP contribution in [0.3, 0.4) is 0 Å². The topological polar surface area (TPSA) is 35.5 Å². The maximum atomic E-state index is 12.0. The maximum absolute atomic E-state index is 12.0. The van der Waals surface area contributed by atoms with Crippen LogP contribution in [-0.2, 0) is 14.3 Å². The second-order valence-corrected chi connectivity index (χ2v) is 7.68. The van der Waals surface area contributed by atoms with Crippen LogP contribution in [0, 0.1) is 17.8 Å². The molecule has 0 aromatic carbocycles. The van der Waals surface area contributed by atoms with Crippen molar-refractivity contribution >= 4 is 5.97 Å². The van der Waals surface area contributed by atoms with Gasteiger partial charge < -0.3 is 9.47 Å². The van der Waals surface area contributed by atoms with Crippen LogP contribution in [0.4, 0.5) is 0 Å². The van der Waals surface area contributed by atoms with Gasteiger partial charge in [-0.1, -0.05) is 27.2 Å². The number of ether oxygens (including phenoxy) is 2. The molecule has 3 nitrogen and oxygen atoms in total. The minimum Gasteiger partial charge on any atom is -0.458 e. The van der Waals surface area contributed by atoms with Crippen molar-refractivity contribution in [2.75, 3.05) is 0 Å². The Balaban J connectivity index is 2.61. The summed E-state index contributed by atoms with van der Waals surface area (Å²) in [5, 5.41) is 0. The molecule has 0 aliphatic heterocycles. The van der Waals surface area contributed by atoms with Crippen molar-refractivity contribution in [3.63, 3.8) is 0 Å². The van der Waals surface area contributed by atoms with Gasteiger partial charge in [0.15, 0.2) is 6.10 Å². The van der Waals surface area contributed by atoms with E-state index in [1.54, 1.807) is 0 Å². The Bertz CT molecular complexity index is 317. The lowest BCUT2D eigenvalue weighted by Gasteiger charge is -2.38. The average Bonchev–Trinajstić information content (AvgIpc) is 2.26. The predicted molar refractivity (Wildman–Crippen MR) is 81.5 cm³/mol. The summed E-state index contributed by atoms with van der Waals surface area (Å²) in [5.74, 6) is 1.58. The summed E-state index contributed by atoms with van der Waals surface area (Å²) in [7, 11) is 0. The van der Waals surface area contributed by atoms with Gasteiger partial charge in [-0.25, -0.2) is 4.79 Å². The molecule has 0 N–H and O–H groups in total. The summed E-state index contributed by atoms with van der Waals surface area (Å²) in [6.45, 7) is 14.2. The van der Waals surface area contributed by atoms with Crippen LogP contribution < -0.4 is 0 Å². The van der Waals surface area contributed by atoms with Gasteiger partial charge in [-0.15, -0.1) is 0 Å². The van der Waals surface area contributed by atoms with Gasteiger partial charge >= 0.3 is 5.97 Å². The van der Waals surface area contributed by atoms with Crippen LogP contribution in [0.2, 0.25) is 0 Å². The van der Waals surface area contributed by atoms with Crippen LogP contribution in [-0.4, -0.2) is 23.8 Å². The van der Waals surface area contributed by atoms with Gasteiger partial charge in [-0.3, -0.25) is 0 Å². The second kappa shape index (κ2) is 6.93. The van der Waals surface area contributed by atoms with E-state index in [0.29, 0.717) is 17.8 Å². The molecular formula is C17H32O3. The van der Waals surface area contributed by atoms with Gasteiger partial charge in [0.25, 0.3) is 0 Å². The number of esters is 1. The van der Waals surface area contributed by atoms with E-state index >= 15 is 0 Å². The summed E-state index contributed by atoms with van der Waals surface area (Å²) < 4.78 is 11.5. The molecule has 0 saturated heterocycles. The average molecular weight is 284 g/mol. The predicted octanol–water partition coefficient (Wildman–Crippen LogP) is 4.19. The Morgan fingerprint density at radius 3 is 2.25 bits per heavy atom. The van der Waals surface area contributed by atoms with Gasteiger partial charge in [0, 0.05) is 0 Å². The van der Waals surface area contributed by atoms with Crippen LogP contribution in [0.15, 0.2) is 0 Å². The van der Waals surface area contributed by atoms with Crippen molar-refractivity contribution < 1.29 is 14.3 Å². The Labute approximate surface area is 124 Å². The Morgan fingerprint density at radius 1 is 1.15 bits per heavy atom. The number of rotatable bonds is 4. The zero-order chi connectivity index (χ0) is 15.5. The first-order valence-electron chi connectivity index (χ1n) is 7.98. The minimum absolute atomic E-state index is 0.182. The fourth-order valence-corrected chi connectivity index (χ4v) is 2.97. The van der Waals surface area contributed by atoms with Crippen LogP contribution in [0.25, 0.3) is 0 Å². The molecule has 0 aromatic rings. The zero-order valence-electron chi connectivity index (χ0n) is 14.2. The van der Waals surface area contributed by atoms with Crippen LogP contribution in [0.5, 0.6) is 0 Å². The first-order chi connectivity index (χ1) is 9.10. The Hall–Kier alpha value is -0.570.